The Morgan fingerprint density at radius 1 is 1.62 bits per heavy atom. The summed E-state index contributed by atoms with van der Waals surface area (Å²) in [6, 6.07) is 2.11. The minimum absolute atomic E-state index is 0.533. The second kappa shape index (κ2) is 4.77. The minimum atomic E-state index is 0.533. The average Bonchev–Trinajstić information content (AvgIpc) is 2.75. The molecule has 0 spiro atoms. The molecule has 0 amide bonds. The van der Waals surface area contributed by atoms with Crippen LogP contribution < -0.4 is 0 Å². The van der Waals surface area contributed by atoms with E-state index in [1.165, 1.54) is 17.7 Å². The van der Waals surface area contributed by atoms with E-state index in [9.17, 15) is 0 Å². The van der Waals surface area contributed by atoms with Gasteiger partial charge in [0.1, 0.15) is 5.76 Å². The number of aryl methyl sites for hydroxylation is 1. The molecule has 16 heavy (non-hydrogen) atoms. The van der Waals surface area contributed by atoms with Crippen molar-refractivity contribution in [3.05, 3.63) is 36.0 Å². The molecule has 0 radical (unpaired) electrons. The first kappa shape index (κ1) is 11.3. The summed E-state index contributed by atoms with van der Waals surface area (Å²) in [5, 5.41) is 0. The Kier molecular flexibility index (Phi) is 3.37. The van der Waals surface area contributed by atoms with Gasteiger partial charge in [-0.1, -0.05) is 13.5 Å². The third-order valence-electron chi connectivity index (χ3n) is 3.70. The van der Waals surface area contributed by atoms with Crippen molar-refractivity contribution < 1.29 is 9.15 Å². The molecule has 1 aliphatic rings. The van der Waals surface area contributed by atoms with Gasteiger partial charge in [-0.25, -0.2) is 0 Å². The molecule has 2 atom stereocenters. The lowest BCUT2D eigenvalue weighted by Gasteiger charge is -2.27. The van der Waals surface area contributed by atoms with Gasteiger partial charge in [-0.15, -0.1) is 0 Å². The van der Waals surface area contributed by atoms with Gasteiger partial charge in [0.15, 0.2) is 0 Å². The quantitative estimate of drug-likeness (QED) is 0.718. The van der Waals surface area contributed by atoms with Gasteiger partial charge in [0.25, 0.3) is 0 Å². The summed E-state index contributed by atoms with van der Waals surface area (Å²) in [5.41, 5.74) is 1.39. The molecule has 0 saturated heterocycles. The average molecular weight is 220 g/mol. The van der Waals surface area contributed by atoms with E-state index >= 15 is 0 Å². The number of fused-ring (bicyclic) bond motifs is 1. The summed E-state index contributed by atoms with van der Waals surface area (Å²) in [6.07, 6.45) is 6.24. The number of ether oxygens (including phenoxy) is 1. The SMILES string of the molecule is C=C(CC[C@@H]1c2occc2CC[C@H]1C)OC. The lowest BCUT2D eigenvalue weighted by Crippen LogP contribution is -2.17. The van der Waals surface area contributed by atoms with Crippen LogP contribution in [0.1, 0.15) is 43.4 Å². The van der Waals surface area contributed by atoms with Gasteiger partial charge in [-0.3, -0.25) is 0 Å². The highest BCUT2D eigenvalue weighted by molar-refractivity contribution is 5.24. The summed E-state index contributed by atoms with van der Waals surface area (Å²) < 4.78 is 10.8. The predicted molar refractivity (Wildman–Crippen MR) is 64.3 cm³/mol. The zero-order chi connectivity index (χ0) is 11.5. The van der Waals surface area contributed by atoms with Crippen molar-refractivity contribution in [2.45, 2.75) is 38.5 Å². The third kappa shape index (κ3) is 2.16. The molecule has 1 aromatic rings. The Balaban J connectivity index is 2.06. The van der Waals surface area contributed by atoms with E-state index in [1.54, 1.807) is 7.11 Å². The Labute approximate surface area is 97.3 Å². The lowest BCUT2D eigenvalue weighted by molar-refractivity contribution is 0.258. The Hall–Kier alpha value is -1.18. The van der Waals surface area contributed by atoms with Crippen molar-refractivity contribution in [1.29, 1.82) is 0 Å². The zero-order valence-electron chi connectivity index (χ0n) is 10.2. The van der Waals surface area contributed by atoms with Crippen molar-refractivity contribution in [2.24, 2.45) is 5.92 Å². The molecule has 2 heteroatoms. The number of rotatable bonds is 4. The molecule has 0 fully saturated rings. The monoisotopic (exact) mass is 220 g/mol. The first-order valence-corrected chi connectivity index (χ1v) is 6.00. The van der Waals surface area contributed by atoms with Crippen LogP contribution in [0.4, 0.5) is 0 Å². The number of furan rings is 1. The molecule has 0 saturated carbocycles. The highest BCUT2D eigenvalue weighted by atomic mass is 16.5. The largest absolute Gasteiger partial charge is 0.502 e. The first-order valence-electron chi connectivity index (χ1n) is 6.00. The van der Waals surface area contributed by atoms with Crippen LogP contribution >= 0.6 is 0 Å². The molecule has 0 aromatic carbocycles. The van der Waals surface area contributed by atoms with Gasteiger partial charge in [0, 0.05) is 12.3 Å². The van der Waals surface area contributed by atoms with Gasteiger partial charge in [0.05, 0.1) is 19.1 Å². The fourth-order valence-corrected chi connectivity index (χ4v) is 2.56. The molecule has 0 unspecified atom stereocenters. The molecule has 1 aromatic heterocycles. The molecule has 0 N–H and O–H groups in total. The van der Waals surface area contributed by atoms with E-state index in [0.29, 0.717) is 11.8 Å². The Morgan fingerprint density at radius 3 is 3.19 bits per heavy atom. The van der Waals surface area contributed by atoms with Crippen LogP contribution in [0, 0.1) is 5.92 Å². The van der Waals surface area contributed by atoms with Gasteiger partial charge in [0.2, 0.25) is 0 Å². The van der Waals surface area contributed by atoms with E-state index in [2.05, 4.69) is 19.6 Å². The lowest BCUT2D eigenvalue weighted by atomic mass is 9.78. The summed E-state index contributed by atoms with van der Waals surface area (Å²) in [7, 11) is 1.69. The standard InChI is InChI=1S/C14H20O2/c1-10-4-6-12-8-9-16-14(12)13(10)7-5-11(2)15-3/h8-10,13H,2,4-7H2,1,3H3/t10-,13+/m1/s1. The first-order chi connectivity index (χ1) is 7.72. The van der Waals surface area contributed by atoms with Crippen LogP contribution in [0.3, 0.4) is 0 Å². The van der Waals surface area contributed by atoms with E-state index in [0.717, 1.165) is 25.0 Å². The molecule has 88 valence electrons. The van der Waals surface area contributed by atoms with Crippen molar-refractivity contribution in [1.82, 2.24) is 0 Å². The fourth-order valence-electron chi connectivity index (χ4n) is 2.56. The molecule has 2 nitrogen and oxygen atoms in total. The van der Waals surface area contributed by atoms with Crippen LogP contribution in [0.2, 0.25) is 0 Å². The van der Waals surface area contributed by atoms with Gasteiger partial charge in [-0.2, -0.15) is 0 Å². The predicted octanol–water partition coefficient (Wildman–Crippen LogP) is 3.89. The molecule has 0 aliphatic heterocycles. The maximum absolute atomic E-state index is 5.63. The van der Waals surface area contributed by atoms with Gasteiger partial charge >= 0.3 is 0 Å². The second-order valence-electron chi connectivity index (χ2n) is 4.71. The highest BCUT2D eigenvalue weighted by Gasteiger charge is 2.29. The van der Waals surface area contributed by atoms with Gasteiger partial charge in [-0.05, 0) is 36.8 Å². The number of hydrogen-bond acceptors (Lipinski definition) is 2. The number of hydrogen-bond donors (Lipinski definition) is 0. The Bertz CT molecular complexity index is 365. The molecular formula is C14H20O2. The van der Waals surface area contributed by atoms with Crippen molar-refractivity contribution >= 4 is 0 Å². The smallest absolute Gasteiger partial charge is 0.110 e. The van der Waals surface area contributed by atoms with Crippen molar-refractivity contribution in [2.75, 3.05) is 7.11 Å². The molecule has 2 rings (SSSR count). The van der Waals surface area contributed by atoms with E-state index in [-0.39, 0.29) is 0 Å². The second-order valence-corrected chi connectivity index (χ2v) is 4.71. The number of methoxy groups -OCH3 is 1. The molecular weight excluding hydrogens is 200 g/mol. The van der Waals surface area contributed by atoms with Crippen LogP contribution in [-0.4, -0.2) is 7.11 Å². The molecule has 1 heterocycles. The van der Waals surface area contributed by atoms with Crippen LogP contribution in [0.15, 0.2) is 29.1 Å². The van der Waals surface area contributed by atoms with E-state index in [4.69, 9.17) is 9.15 Å². The topological polar surface area (TPSA) is 22.4 Å². The Morgan fingerprint density at radius 2 is 2.44 bits per heavy atom. The summed E-state index contributed by atoms with van der Waals surface area (Å²) >= 11 is 0. The van der Waals surface area contributed by atoms with E-state index < -0.39 is 0 Å². The minimum Gasteiger partial charge on any atom is -0.502 e. The summed E-state index contributed by atoms with van der Waals surface area (Å²) in [5.74, 6) is 3.29. The van der Waals surface area contributed by atoms with E-state index in [1.807, 2.05) is 6.26 Å². The third-order valence-corrected chi connectivity index (χ3v) is 3.70. The van der Waals surface area contributed by atoms with Crippen molar-refractivity contribution in [3.8, 4) is 0 Å². The van der Waals surface area contributed by atoms with Crippen LogP contribution in [-0.2, 0) is 11.2 Å². The maximum atomic E-state index is 5.63. The normalized spacial score (nSPS) is 23.9. The maximum Gasteiger partial charge on any atom is 0.110 e. The van der Waals surface area contributed by atoms with Crippen molar-refractivity contribution in [3.63, 3.8) is 0 Å². The zero-order valence-corrected chi connectivity index (χ0v) is 10.2. The van der Waals surface area contributed by atoms with Gasteiger partial charge < -0.3 is 9.15 Å². The highest BCUT2D eigenvalue weighted by Crippen LogP contribution is 2.39. The molecule has 1 aliphatic carbocycles. The summed E-state index contributed by atoms with van der Waals surface area (Å²) in [6.45, 7) is 6.18. The summed E-state index contributed by atoms with van der Waals surface area (Å²) in [4.78, 5) is 0. The van der Waals surface area contributed by atoms with Crippen LogP contribution in [0.25, 0.3) is 0 Å². The number of allylic oxidation sites excluding steroid dienone is 1. The van der Waals surface area contributed by atoms with Crippen LogP contribution in [0.5, 0.6) is 0 Å². The molecule has 0 bridgehead atoms. The fraction of sp³-hybridized carbons (Fsp3) is 0.571.